The molecule has 20 heavy (non-hydrogen) atoms. The Hall–Kier alpha value is -0.743. The molecule has 1 nitrogen and oxygen atoms in total. The molecule has 1 aromatic rings. The van der Waals surface area contributed by atoms with E-state index in [0.29, 0.717) is 12.0 Å². The summed E-state index contributed by atoms with van der Waals surface area (Å²) in [5.74, 6) is -0.930. The summed E-state index contributed by atoms with van der Waals surface area (Å²) in [6.07, 6.45) is 3.86. The molecule has 0 saturated heterocycles. The number of hydrogen-bond donors (Lipinski definition) is 0. The molecule has 0 amide bonds. The minimum atomic E-state index is -1.49. The molecule has 0 aliphatic carbocycles. The molecular formula is C16H26F2OSi. The number of benzene rings is 1. The summed E-state index contributed by atoms with van der Waals surface area (Å²) in [7, 11) is 0.352. The van der Waals surface area contributed by atoms with Crippen molar-refractivity contribution in [1.82, 2.24) is 0 Å². The van der Waals surface area contributed by atoms with Crippen molar-refractivity contribution >= 4 is 8.32 Å². The Morgan fingerprint density at radius 3 is 2.30 bits per heavy atom. The summed E-state index contributed by atoms with van der Waals surface area (Å²) in [5, 5.41) is 0. The lowest BCUT2D eigenvalue weighted by Gasteiger charge is -2.27. The van der Waals surface area contributed by atoms with Gasteiger partial charge in [-0.05, 0) is 42.6 Å². The van der Waals surface area contributed by atoms with Gasteiger partial charge in [-0.25, -0.2) is 8.78 Å². The van der Waals surface area contributed by atoms with E-state index in [1.165, 1.54) is 12.1 Å². The number of halogens is 2. The highest BCUT2D eigenvalue weighted by molar-refractivity contribution is 6.73. The van der Waals surface area contributed by atoms with E-state index in [4.69, 9.17) is 4.43 Å². The molecule has 4 heteroatoms. The van der Waals surface area contributed by atoms with E-state index in [1.54, 1.807) is 6.07 Å². The third kappa shape index (κ3) is 4.98. The molecule has 0 atom stereocenters. The largest absolute Gasteiger partial charge is 0.420 e. The van der Waals surface area contributed by atoms with Gasteiger partial charge >= 0.3 is 0 Å². The van der Waals surface area contributed by atoms with Crippen molar-refractivity contribution in [2.45, 2.75) is 57.7 Å². The van der Waals surface area contributed by atoms with Crippen LogP contribution in [0.3, 0.4) is 0 Å². The van der Waals surface area contributed by atoms with Gasteiger partial charge < -0.3 is 4.43 Å². The van der Waals surface area contributed by atoms with Crippen LogP contribution < -0.4 is 0 Å². The Labute approximate surface area is 122 Å². The van der Waals surface area contributed by atoms with Crippen molar-refractivity contribution in [3.8, 4) is 0 Å². The van der Waals surface area contributed by atoms with Gasteiger partial charge in [-0.15, -0.1) is 0 Å². The number of hydrogen-bond acceptors (Lipinski definition) is 1. The van der Waals surface area contributed by atoms with E-state index in [9.17, 15) is 8.78 Å². The average molecular weight is 300 g/mol. The monoisotopic (exact) mass is 300 g/mol. The lowest BCUT2D eigenvalue weighted by molar-refractivity contribution is 0.389. The van der Waals surface area contributed by atoms with Gasteiger partial charge in [0.25, 0.3) is 0 Å². The van der Waals surface area contributed by atoms with Crippen molar-refractivity contribution in [2.75, 3.05) is 7.11 Å². The summed E-state index contributed by atoms with van der Waals surface area (Å²) < 4.78 is 32.0. The van der Waals surface area contributed by atoms with Crippen LogP contribution in [0.4, 0.5) is 8.78 Å². The molecule has 0 N–H and O–H groups in total. The number of unbranched alkanes of at least 4 members (excludes halogenated alkanes) is 2. The van der Waals surface area contributed by atoms with Gasteiger partial charge in [-0.3, -0.25) is 0 Å². The third-order valence-electron chi connectivity index (χ3n) is 4.32. The zero-order valence-corrected chi connectivity index (χ0v) is 13.8. The molecule has 0 aromatic heterocycles. The second kappa shape index (κ2) is 8.52. The highest BCUT2D eigenvalue weighted by Gasteiger charge is 2.28. The molecule has 0 aliphatic rings. The smallest absolute Gasteiger partial charge is 0.191 e. The predicted molar refractivity (Wildman–Crippen MR) is 82.4 cm³/mol. The SMILES string of the molecule is CC[Si](CC)(CCCCCc1ccc(F)cc1F)OC. The van der Waals surface area contributed by atoms with Gasteiger partial charge in [0, 0.05) is 13.2 Å². The van der Waals surface area contributed by atoms with Gasteiger partial charge in [-0.1, -0.05) is 32.8 Å². The van der Waals surface area contributed by atoms with E-state index >= 15 is 0 Å². The quantitative estimate of drug-likeness (QED) is 0.443. The molecule has 0 bridgehead atoms. The van der Waals surface area contributed by atoms with Crippen LogP contribution in [0.2, 0.25) is 18.1 Å². The third-order valence-corrected chi connectivity index (χ3v) is 9.02. The van der Waals surface area contributed by atoms with E-state index < -0.39 is 20.0 Å². The summed E-state index contributed by atoms with van der Waals surface area (Å²) in [6.45, 7) is 4.43. The fourth-order valence-corrected chi connectivity index (χ4v) is 5.54. The Kier molecular flexibility index (Phi) is 7.38. The summed E-state index contributed by atoms with van der Waals surface area (Å²) in [4.78, 5) is 0. The zero-order valence-electron chi connectivity index (χ0n) is 12.8. The molecule has 0 fully saturated rings. The number of rotatable bonds is 9. The zero-order chi connectivity index (χ0) is 15.0. The van der Waals surface area contributed by atoms with E-state index in [1.807, 2.05) is 7.11 Å². The molecule has 1 rings (SSSR count). The Balaban J connectivity index is 2.31. The van der Waals surface area contributed by atoms with Crippen LogP contribution in [0, 0.1) is 11.6 Å². The van der Waals surface area contributed by atoms with Crippen molar-refractivity contribution in [3.63, 3.8) is 0 Å². The van der Waals surface area contributed by atoms with Crippen molar-refractivity contribution in [2.24, 2.45) is 0 Å². The van der Waals surface area contributed by atoms with Gasteiger partial charge in [0.05, 0.1) is 0 Å². The molecule has 0 heterocycles. The van der Waals surface area contributed by atoms with E-state index in [-0.39, 0.29) is 0 Å². The molecule has 0 spiro atoms. The molecule has 0 saturated carbocycles. The van der Waals surface area contributed by atoms with Gasteiger partial charge in [-0.2, -0.15) is 0 Å². The van der Waals surface area contributed by atoms with Gasteiger partial charge in [0.15, 0.2) is 8.32 Å². The first kappa shape index (κ1) is 17.3. The second-order valence-electron chi connectivity index (χ2n) is 5.39. The first-order chi connectivity index (χ1) is 9.56. The maximum absolute atomic E-state index is 13.5. The lowest BCUT2D eigenvalue weighted by Crippen LogP contribution is -2.34. The first-order valence-electron chi connectivity index (χ1n) is 7.56. The molecule has 0 radical (unpaired) electrons. The summed E-state index contributed by atoms with van der Waals surface area (Å²) >= 11 is 0. The first-order valence-corrected chi connectivity index (χ1v) is 10.1. The Morgan fingerprint density at radius 2 is 1.75 bits per heavy atom. The summed E-state index contributed by atoms with van der Waals surface area (Å²) in [5.41, 5.74) is 0.618. The van der Waals surface area contributed by atoms with Crippen LogP contribution in [-0.2, 0) is 10.8 Å². The second-order valence-corrected chi connectivity index (χ2v) is 10.1. The standard InChI is InChI=1S/C16H26F2OSi/c1-4-20(5-2,19-3)12-8-6-7-9-14-10-11-15(17)13-16(14)18/h10-11,13H,4-9,12H2,1-3H3. The average Bonchev–Trinajstić information content (AvgIpc) is 2.45. The molecule has 0 unspecified atom stereocenters. The van der Waals surface area contributed by atoms with Crippen LogP contribution in [0.25, 0.3) is 0 Å². The van der Waals surface area contributed by atoms with Gasteiger partial charge in [0.2, 0.25) is 0 Å². The van der Waals surface area contributed by atoms with Crippen LogP contribution in [-0.4, -0.2) is 15.4 Å². The topological polar surface area (TPSA) is 9.23 Å². The van der Waals surface area contributed by atoms with Crippen LogP contribution in [0.1, 0.15) is 38.7 Å². The van der Waals surface area contributed by atoms with Crippen molar-refractivity contribution in [3.05, 3.63) is 35.4 Å². The maximum atomic E-state index is 13.5. The maximum Gasteiger partial charge on any atom is 0.191 e. The minimum absolute atomic E-state index is 0.423. The van der Waals surface area contributed by atoms with Crippen LogP contribution in [0.15, 0.2) is 18.2 Å². The Morgan fingerprint density at radius 1 is 1.05 bits per heavy atom. The normalized spacial score (nSPS) is 11.8. The molecule has 114 valence electrons. The fraction of sp³-hybridized carbons (Fsp3) is 0.625. The van der Waals surface area contributed by atoms with Crippen LogP contribution >= 0.6 is 0 Å². The minimum Gasteiger partial charge on any atom is -0.420 e. The highest BCUT2D eigenvalue weighted by atomic mass is 28.4. The van der Waals surface area contributed by atoms with E-state index in [2.05, 4.69) is 13.8 Å². The molecule has 0 aliphatic heterocycles. The number of aryl methyl sites for hydroxylation is 1. The van der Waals surface area contributed by atoms with E-state index in [0.717, 1.165) is 37.4 Å². The lowest BCUT2D eigenvalue weighted by atomic mass is 10.1. The Bertz CT molecular complexity index is 397. The summed E-state index contributed by atoms with van der Waals surface area (Å²) in [6, 6.07) is 7.35. The van der Waals surface area contributed by atoms with Gasteiger partial charge in [0.1, 0.15) is 11.6 Å². The van der Waals surface area contributed by atoms with Crippen LogP contribution in [0.5, 0.6) is 0 Å². The highest BCUT2D eigenvalue weighted by Crippen LogP contribution is 2.24. The molecular weight excluding hydrogens is 274 g/mol. The van der Waals surface area contributed by atoms with Crippen molar-refractivity contribution in [1.29, 1.82) is 0 Å². The molecule has 1 aromatic carbocycles. The fourth-order valence-electron chi connectivity index (χ4n) is 2.66. The predicted octanol–water partition coefficient (Wildman–Crippen LogP) is 5.31. The van der Waals surface area contributed by atoms with Crippen molar-refractivity contribution < 1.29 is 13.2 Å².